The number of carbonyl (C=O) groups is 1. The zero-order valence-corrected chi connectivity index (χ0v) is 19.2. The van der Waals surface area contributed by atoms with Crippen LogP contribution >= 0.6 is 0 Å². The third-order valence-electron chi connectivity index (χ3n) is 6.50. The number of hydrogen-bond donors (Lipinski definition) is 1. The fraction of sp³-hybridized carbons (Fsp3) is 0.708. The Balaban J connectivity index is 1.62. The van der Waals surface area contributed by atoms with Crippen molar-refractivity contribution >= 4 is 6.03 Å². The Hall–Kier alpha value is -1.63. The molecule has 0 unspecified atom stereocenters. The van der Waals surface area contributed by atoms with Crippen LogP contribution in [-0.4, -0.2) is 67.4 Å². The maximum Gasteiger partial charge on any atom is 0.320 e. The molecule has 0 aliphatic carbocycles. The lowest BCUT2D eigenvalue weighted by Crippen LogP contribution is -2.53. The standard InChI is InChI=1S/C24H37N3O3/c1-16-12-27(13-17(2)30-16)23(28)26-8-6-18-10-19(24(3,4)5)11-20(21(18)14-26)22-15-29-9-7-25-22/h10-11,16-17,22,25H,6-9,12-15H2,1-5H3/t16-,17-,22+/m1/s1. The topological polar surface area (TPSA) is 54.0 Å². The molecule has 6 nitrogen and oxygen atoms in total. The summed E-state index contributed by atoms with van der Waals surface area (Å²) >= 11 is 0. The van der Waals surface area contributed by atoms with Crippen molar-refractivity contribution in [2.45, 2.75) is 71.2 Å². The monoisotopic (exact) mass is 415 g/mol. The second-order valence-corrected chi connectivity index (χ2v) is 10.2. The zero-order valence-electron chi connectivity index (χ0n) is 19.2. The van der Waals surface area contributed by atoms with Crippen LogP contribution in [0.25, 0.3) is 0 Å². The summed E-state index contributed by atoms with van der Waals surface area (Å²) in [5.41, 5.74) is 5.45. The molecule has 0 bridgehead atoms. The first-order chi connectivity index (χ1) is 14.2. The summed E-state index contributed by atoms with van der Waals surface area (Å²) in [7, 11) is 0. The quantitative estimate of drug-likeness (QED) is 0.765. The maximum absolute atomic E-state index is 13.3. The van der Waals surface area contributed by atoms with Gasteiger partial charge in [0.05, 0.1) is 31.5 Å². The van der Waals surface area contributed by atoms with E-state index >= 15 is 0 Å². The number of morpholine rings is 2. The molecule has 1 aromatic carbocycles. The van der Waals surface area contributed by atoms with Crippen LogP contribution in [0.1, 0.15) is 62.9 Å². The Bertz CT molecular complexity index is 773. The maximum atomic E-state index is 13.3. The molecule has 2 saturated heterocycles. The van der Waals surface area contributed by atoms with Crippen LogP contribution in [0.4, 0.5) is 4.79 Å². The first-order valence-corrected chi connectivity index (χ1v) is 11.4. The SMILES string of the molecule is C[C@@H]1CN(C(=O)N2CCc3cc(C(C)(C)C)cc([C@@H]4COCCN4)c3C2)C[C@@H](C)O1. The molecule has 3 aliphatic rings. The van der Waals surface area contributed by atoms with Gasteiger partial charge in [0.15, 0.2) is 0 Å². The Labute approximate surface area is 180 Å². The van der Waals surface area contributed by atoms with Gasteiger partial charge < -0.3 is 24.6 Å². The largest absolute Gasteiger partial charge is 0.378 e. The molecule has 3 atom stereocenters. The van der Waals surface area contributed by atoms with E-state index < -0.39 is 0 Å². The highest BCUT2D eigenvalue weighted by atomic mass is 16.5. The molecule has 6 heteroatoms. The summed E-state index contributed by atoms with van der Waals surface area (Å²) in [6.07, 6.45) is 1.08. The van der Waals surface area contributed by atoms with Gasteiger partial charge in [-0.1, -0.05) is 32.9 Å². The van der Waals surface area contributed by atoms with Crippen molar-refractivity contribution in [1.82, 2.24) is 15.1 Å². The molecule has 3 heterocycles. The molecule has 0 spiro atoms. The number of fused-ring (bicyclic) bond motifs is 1. The number of hydrogen-bond acceptors (Lipinski definition) is 4. The number of rotatable bonds is 1. The first kappa shape index (κ1) is 21.6. The van der Waals surface area contributed by atoms with E-state index in [0.29, 0.717) is 26.2 Å². The zero-order chi connectivity index (χ0) is 21.5. The Morgan fingerprint density at radius 1 is 1.13 bits per heavy atom. The Kier molecular flexibility index (Phi) is 6.11. The Morgan fingerprint density at radius 2 is 1.87 bits per heavy atom. The van der Waals surface area contributed by atoms with Gasteiger partial charge in [-0.05, 0) is 47.9 Å². The van der Waals surface area contributed by atoms with E-state index in [1.54, 1.807) is 0 Å². The minimum Gasteiger partial charge on any atom is -0.378 e. The first-order valence-electron chi connectivity index (χ1n) is 11.4. The normalized spacial score (nSPS) is 27.7. The summed E-state index contributed by atoms with van der Waals surface area (Å²) in [4.78, 5) is 17.3. The van der Waals surface area contributed by atoms with Gasteiger partial charge in [-0.2, -0.15) is 0 Å². The van der Waals surface area contributed by atoms with Crippen molar-refractivity contribution in [2.75, 3.05) is 39.4 Å². The number of nitrogens with one attached hydrogen (secondary N) is 1. The van der Waals surface area contributed by atoms with Crippen molar-refractivity contribution in [1.29, 1.82) is 0 Å². The van der Waals surface area contributed by atoms with Gasteiger partial charge in [-0.25, -0.2) is 4.79 Å². The van der Waals surface area contributed by atoms with Gasteiger partial charge in [-0.15, -0.1) is 0 Å². The van der Waals surface area contributed by atoms with E-state index in [2.05, 4.69) is 38.2 Å². The third kappa shape index (κ3) is 4.51. The predicted molar refractivity (Wildman–Crippen MR) is 118 cm³/mol. The van der Waals surface area contributed by atoms with Crippen molar-refractivity contribution in [3.05, 3.63) is 34.4 Å². The molecular formula is C24H37N3O3. The lowest BCUT2D eigenvalue weighted by molar-refractivity contribution is -0.0585. The number of benzene rings is 1. The van der Waals surface area contributed by atoms with Gasteiger partial charge >= 0.3 is 6.03 Å². The van der Waals surface area contributed by atoms with Crippen LogP contribution in [0.2, 0.25) is 0 Å². The van der Waals surface area contributed by atoms with Crippen LogP contribution in [0, 0.1) is 0 Å². The third-order valence-corrected chi connectivity index (χ3v) is 6.50. The van der Waals surface area contributed by atoms with Crippen LogP contribution in [0.15, 0.2) is 12.1 Å². The number of ether oxygens (including phenoxy) is 2. The van der Waals surface area contributed by atoms with Crippen molar-refractivity contribution < 1.29 is 14.3 Å². The number of amides is 2. The molecule has 30 heavy (non-hydrogen) atoms. The minimum atomic E-state index is 0.0864. The van der Waals surface area contributed by atoms with Crippen molar-refractivity contribution in [3.8, 4) is 0 Å². The van der Waals surface area contributed by atoms with Gasteiger partial charge in [-0.3, -0.25) is 0 Å². The predicted octanol–water partition coefficient (Wildman–Crippen LogP) is 3.23. The van der Waals surface area contributed by atoms with E-state index in [4.69, 9.17) is 9.47 Å². The second-order valence-electron chi connectivity index (χ2n) is 10.2. The molecule has 166 valence electrons. The van der Waals surface area contributed by atoms with E-state index in [-0.39, 0.29) is 29.7 Å². The molecule has 0 aromatic heterocycles. The molecule has 1 aromatic rings. The van der Waals surface area contributed by atoms with Crippen molar-refractivity contribution in [3.63, 3.8) is 0 Å². The Morgan fingerprint density at radius 3 is 2.50 bits per heavy atom. The summed E-state index contributed by atoms with van der Waals surface area (Å²) in [6, 6.07) is 5.04. The molecule has 4 rings (SSSR count). The molecule has 2 fully saturated rings. The van der Waals surface area contributed by atoms with Gasteiger partial charge in [0, 0.05) is 32.7 Å². The minimum absolute atomic E-state index is 0.0864. The fourth-order valence-electron chi connectivity index (χ4n) is 4.90. The number of carbonyl (C=O) groups excluding carboxylic acids is 1. The smallest absolute Gasteiger partial charge is 0.320 e. The van der Waals surface area contributed by atoms with Crippen LogP contribution in [-0.2, 0) is 27.9 Å². The van der Waals surface area contributed by atoms with Crippen LogP contribution < -0.4 is 5.32 Å². The summed E-state index contributed by atoms with van der Waals surface area (Å²) in [5, 5.41) is 3.63. The molecule has 1 N–H and O–H groups in total. The van der Waals surface area contributed by atoms with Gasteiger partial charge in [0.25, 0.3) is 0 Å². The molecule has 2 amide bonds. The summed E-state index contributed by atoms with van der Waals surface area (Å²) in [6.45, 7) is 16.0. The molecule has 0 radical (unpaired) electrons. The molecule has 0 saturated carbocycles. The van der Waals surface area contributed by atoms with Gasteiger partial charge in [0.1, 0.15) is 0 Å². The highest BCUT2D eigenvalue weighted by Gasteiger charge is 2.33. The van der Waals surface area contributed by atoms with E-state index in [0.717, 1.165) is 26.1 Å². The highest BCUT2D eigenvalue weighted by Crippen LogP contribution is 2.34. The average molecular weight is 416 g/mol. The van der Waals surface area contributed by atoms with E-state index in [1.807, 2.05) is 23.6 Å². The lowest BCUT2D eigenvalue weighted by Gasteiger charge is -2.40. The van der Waals surface area contributed by atoms with E-state index in [1.165, 1.54) is 22.3 Å². The summed E-state index contributed by atoms with van der Waals surface area (Å²) in [5.74, 6) is 0. The summed E-state index contributed by atoms with van der Waals surface area (Å²) < 4.78 is 11.6. The van der Waals surface area contributed by atoms with Crippen LogP contribution in [0.3, 0.4) is 0 Å². The number of urea groups is 1. The second kappa shape index (κ2) is 8.48. The number of nitrogens with zero attached hydrogens (tertiary/aromatic N) is 2. The van der Waals surface area contributed by atoms with Gasteiger partial charge in [0.2, 0.25) is 0 Å². The molecular weight excluding hydrogens is 378 g/mol. The molecule has 3 aliphatic heterocycles. The van der Waals surface area contributed by atoms with E-state index in [9.17, 15) is 4.79 Å². The van der Waals surface area contributed by atoms with Crippen molar-refractivity contribution in [2.24, 2.45) is 0 Å². The highest BCUT2D eigenvalue weighted by molar-refractivity contribution is 5.75. The van der Waals surface area contributed by atoms with Crippen LogP contribution in [0.5, 0.6) is 0 Å². The fourth-order valence-corrected chi connectivity index (χ4v) is 4.90. The lowest BCUT2D eigenvalue weighted by atomic mass is 9.80. The average Bonchev–Trinajstić information content (AvgIpc) is 2.71.